The average molecular weight is 302 g/mol. The van der Waals surface area contributed by atoms with E-state index in [4.69, 9.17) is 28.3 Å². The number of rotatable bonds is 4. The van der Waals surface area contributed by atoms with Gasteiger partial charge in [0.05, 0.1) is 16.3 Å². The quantitative estimate of drug-likeness (QED) is 0.882. The van der Waals surface area contributed by atoms with E-state index < -0.39 is 5.97 Å². The maximum atomic E-state index is 10.7. The van der Waals surface area contributed by atoms with Crippen molar-refractivity contribution in [3.05, 3.63) is 50.1 Å². The summed E-state index contributed by atoms with van der Waals surface area (Å²) in [5.41, 5.74) is 1.03. The molecule has 0 fully saturated rings. The van der Waals surface area contributed by atoms with Crippen LogP contribution in [0.5, 0.6) is 0 Å². The molecule has 0 amide bonds. The molecule has 1 heterocycles. The van der Waals surface area contributed by atoms with Crippen molar-refractivity contribution in [2.24, 2.45) is 0 Å². The largest absolute Gasteiger partial charge is 0.478 e. The summed E-state index contributed by atoms with van der Waals surface area (Å²) in [7, 11) is 0. The lowest BCUT2D eigenvalue weighted by Gasteiger charge is -2.07. The smallest absolute Gasteiger partial charge is 0.336 e. The number of anilines is 1. The summed E-state index contributed by atoms with van der Waals surface area (Å²) in [5.74, 6) is -0.918. The summed E-state index contributed by atoms with van der Waals surface area (Å²) in [6.45, 7) is 0.512. The van der Waals surface area contributed by atoms with Crippen LogP contribution in [0, 0.1) is 0 Å². The summed E-state index contributed by atoms with van der Waals surface area (Å²) in [6.07, 6.45) is 0. The van der Waals surface area contributed by atoms with Crippen LogP contribution in [-0.2, 0) is 6.54 Å². The first kappa shape index (κ1) is 13.2. The van der Waals surface area contributed by atoms with Crippen LogP contribution in [0.2, 0.25) is 10.0 Å². The molecule has 0 unspecified atom stereocenters. The molecule has 1 aromatic carbocycles. The summed E-state index contributed by atoms with van der Waals surface area (Å²) < 4.78 is 0. The van der Waals surface area contributed by atoms with Crippen LogP contribution in [0.25, 0.3) is 0 Å². The number of hydrogen-bond donors (Lipinski definition) is 2. The Morgan fingerprint density at radius 1 is 1.33 bits per heavy atom. The van der Waals surface area contributed by atoms with E-state index in [9.17, 15) is 4.79 Å². The van der Waals surface area contributed by atoms with Gasteiger partial charge in [0.2, 0.25) is 0 Å². The third-order valence-corrected chi connectivity index (χ3v) is 3.78. The minimum absolute atomic E-state index is 0.300. The Hall–Kier alpha value is -1.23. The van der Waals surface area contributed by atoms with Gasteiger partial charge in [-0.1, -0.05) is 23.2 Å². The number of nitrogens with one attached hydrogen (secondary N) is 1. The predicted molar refractivity (Wildman–Crippen MR) is 75.1 cm³/mol. The Bertz CT molecular complexity index is 583. The van der Waals surface area contributed by atoms with Gasteiger partial charge in [0.15, 0.2) is 0 Å². The fourth-order valence-corrected chi connectivity index (χ4v) is 2.55. The minimum atomic E-state index is -0.918. The highest BCUT2D eigenvalue weighted by Gasteiger charge is 2.07. The Morgan fingerprint density at radius 2 is 2.11 bits per heavy atom. The number of thiophene rings is 1. The molecular weight excluding hydrogens is 293 g/mol. The molecule has 0 aliphatic carbocycles. The second-order valence-electron chi connectivity index (χ2n) is 3.58. The molecule has 1 aromatic heterocycles. The standard InChI is InChI=1S/C12H9Cl2NO2S/c13-8-1-2-10(14)11(4-8)15-5-9-3-7(6-18-9)12(16)17/h1-4,6,15H,5H2,(H,16,17). The van der Waals surface area contributed by atoms with Gasteiger partial charge in [0.25, 0.3) is 0 Å². The van der Waals surface area contributed by atoms with Crippen molar-refractivity contribution in [3.8, 4) is 0 Å². The molecule has 2 rings (SSSR count). The van der Waals surface area contributed by atoms with Gasteiger partial charge in [-0.25, -0.2) is 4.79 Å². The van der Waals surface area contributed by atoms with Gasteiger partial charge in [0.1, 0.15) is 0 Å². The fourth-order valence-electron chi connectivity index (χ4n) is 1.40. The molecule has 0 radical (unpaired) electrons. The van der Waals surface area contributed by atoms with E-state index in [1.54, 1.807) is 29.6 Å². The molecule has 2 N–H and O–H groups in total. The minimum Gasteiger partial charge on any atom is -0.478 e. The second kappa shape index (κ2) is 5.61. The van der Waals surface area contributed by atoms with Crippen molar-refractivity contribution in [1.82, 2.24) is 0 Å². The van der Waals surface area contributed by atoms with Crippen LogP contribution >= 0.6 is 34.5 Å². The number of hydrogen-bond acceptors (Lipinski definition) is 3. The molecule has 6 heteroatoms. The van der Waals surface area contributed by atoms with Crippen molar-refractivity contribution in [3.63, 3.8) is 0 Å². The first-order valence-electron chi connectivity index (χ1n) is 5.06. The topological polar surface area (TPSA) is 49.3 Å². The first-order chi connectivity index (χ1) is 8.56. The van der Waals surface area contributed by atoms with Crippen LogP contribution in [0.3, 0.4) is 0 Å². The third kappa shape index (κ3) is 3.16. The zero-order valence-electron chi connectivity index (χ0n) is 9.11. The molecule has 0 atom stereocenters. The van der Waals surface area contributed by atoms with E-state index in [0.717, 1.165) is 10.6 Å². The molecule has 0 saturated heterocycles. The zero-order chi connectivity index (χ0) is 13.1. The highest BCUT2D eigenvalue weighted by Crippen LogP contribution is 2.26. The fraction of sp³-hybridized carbons (Fsp3) is 0.0833. The molecule has 94 valence electrons. The molecule has 0 saturated carbocycles. The van der Waals surface area contributed by atoms with Gasteiger partial charge in [-0.3, -0.25) is 0 Å². The van der Waals surface area contributed by atoms with E-state index in [1.165, 1.54) is 11.3 Å². The van der Waals surface area contributed by atoms with Crippen LogP contribution in [0.15, 0.2) is 29.6 Å². The zero-order valence-corrected chi connectivity index (χ0v) is 11.4. The van der Waals surface area contributed by atoms with E-state index in [0.29, 0.717) is 22.2 Å². The Morgan fingerprint density at radius 3 is 2.78 bits per heavy atom. The molecule has 18 heavy (non-hydrogen) atoms. The summed E-state index contributed by atoms with van der Waals surface area (Å²) >= 11 is 13.3. The van der Waals surface area contributed by atoms with Gasteiger partial charge in [0, 0.05) is 21.8 Å². The van der Waals surface area contributed by atoms with Crippen molar-refractivity contribution >= 4 is 46.2 Å². The lowest BCUT2D eigenvalue weighted by molar-refractivity contribution is 0.0697. The normalized spacial score (nSPS) is 10.3. The van der Waals surface area contributed by atoms with Crippen molar-refractivity contribution in [2.45, 2.75) is 6.54 Å². The van der Waals surface area contributed by atoms with Crippen molar-refractivity contribution in [1.29, 1.82) is 0 Å². The first-order valence-corrected chi connectivity index (χ1v) is 6.69. The van der Waals surface area contributed by atoms with Gasteiger partial charge < -0.3 is 10.4 Å². The number of benzene rings is 1. The molecular formula is C12H9Cl2NO2S. The van der Waals surface area contributed by atoms with Gasteiger partial charge in [-0.05, 0) is 24.3 Å². The molecule has 0 spiro atoms. The predicted octanol–water partition coefficient (Wildman–Crippen LogP) is 4.37. The summed E-state index contributed by atoms with van der Waals surface area (Å²) in [4.78, 5) is 11.7. The van der Waals surface area contributed by atoms with Crippen LogP contribution in [-0.4, -0.2) is 11.1 Å². The molecule has 0 bridgehead atoms. The van der Waals surface area contributed by atoms with E-state index in [2.05, 4.69) is 5.32 Å². The summed E-state index contributed by atoms with van der Waals surface area (Å²) in [5, 5.41) is 14.7. The molecule has 3 nitrogen and oxygen atoms in total. The highest BCUT2D eigenvalue weighted by atomic mass is 35.5. The van der Waals surface area contributed by atoms with Crippen LogP contribution < -0.4 is 5.32 Å². The molecule has 0 aliphatic heterocycles. The lowest BCUT2D eigenvalue weighted by atomic mass is 10.3. The van der Waals surface area contributed by atoms with E-state index in [1.807, 2.05) is 0 Å². The molecule has 2 aromatic rings. The number of halogens is 2. The van der Waals surface area contributed by atoms with Crippen molar-refractivity contribution in [2.75, 3.05) is 5.32 Å². The monoisotopic (exact) mass is 301 g/mol. The Balaban J connectivity index is 2.06. The third-order valence-electron chi connectivity index (χ3n) is 2.28. The number of carboxylic acid groups (broad SMARTS) is 1. The van der Waals surface area contributed by atoms with Crippen LogP contribution in [0.1, 0.15) is 15.2 Å². The number of carboxylic acids is 1. The summed E-state index contributed by atoms with van der Waals surface area (Å²) in [6, 6.07) is 6.79. The Labute approximate surface area is 118 Å². The van der Waals surface area contributed by atoms with Crippen molar-refractivity contribution < 1.29 is 9.90 Å². The maximum absolute atomic E-state index is 10.7. The van der Waals surface area contributed by atoms with Gasteiger partial charge >= 0.3 is 5.97 Å². The second-order valence-corrected chi connectivity index (χ2v) is 5.42. The van der Waals surface area contributed by atoms with Crippen LogP contribution in [0.4, 0.5) is 5.69 Å². The number of aromatic carboxylic acids is 1. The van der Waals surface area contributed by atoms with E-state index >= 15 is 0 Å². The van der Waals surface area contributed by atoms with Gasteiger partial charge in [-0.2, -0.15) is 0 Å². The number of carbonyl (C=O) groups is 1. The maximum Gasteiger partial charge on any atom is 0.336 e. The highest BCUT2D eigenvalue weighted by molar-refractivity contribution is 7.10. The lowest BCUT2D eigenvalue weighted by Crippen LogP contribution is -1.98. The SMILES string of the molecule is O=C(O)c1csc(CNc2cc(Cl)ccc2Cl)c1. The Kier molecular flexibility index (Phi) is 4.11. The van der Waals surface area contributed by atoms with E-state index in [-0.39, 0.29) is 0 Å². The molecule has 0 aliphatic rings. The van der Waals surface area contributed by atoms with Gasteiger partial charge in [-0.15, -0.1) is 11.3 Å². The average Bonchev–Trinajstić information content (AvgIpc) is 2.79.